The van der Waals surface area contributed by atoms with Crippen LogP contribution in [-0.2, 0) is 11.3 Å². The minimum atomic E-state index is -0.170. The molecule has 2 aromatic heterocycles. The average molecular weight is 447 g/mol. The van der Waals surface area contributed by atoms with E-state index in [1.165, 1.54) is 29.2 Å². The zero-order chi connectivity index (χ0) is 20.5. The Balaban J connectivity index is 1.42. The summed E-state index contributed by atoms with van der Waals surface area (Å²) in [6.45, 7) is 4.13. The van der Waals surface area contributed by atoms with Gasteiger partial charge in [-0.2, -0.15) is 0 Å². The van der Waals surface area contributed by atoms with Crippen molar-refractivity contribution in [2.75, 3.05) is 5.75 Å². The fraction of sp³-hybridized carbons (Fsp3) is 0.300. The molecule has 1 atom stereocenters. The van der Waals surface area contributed by atoms with Gasteiger partial charge >= 0.3 is 0 Å². The number of benzene rings is 1. The van der Waals surface area contributed by atoms with E-state index in [9.17, 15) is 9.59 Å². The highest BCUT2D eigenvalue weighted by molar-refractivity contribution is 7.99. The van der Waals surface area contributed by atoms with Gasteiger partial charge < -0.3 is 5.32 Å². The van der Waals surface area contributed by atoms with Gasteiger partial charge in [0.1, 0.15) is 5.01 Å². The summed E-state index contributed by atoms with van der Waals surface area (Å²) in [5.74, 6) is 0.582. The van der Waals surface area contributed by atoms with Crippen molar-refractivity contribution in [3.63, 3.8) is 0 Å². The van der Waals surface area contributed by atoms with Gasteiger partial charge in [0.15, 0.2) is 5.16 Å². The molecule has 0 bridgehead atoms. The first-order valence-corrected chi connectivity index (χ1v) is 11.3. The zero-order valence-electron chi connectivity index (χ0n) is 15.9. The molecule has 6 nitrogen and oxygen atoms in total. The van der Waals surface area contributed by atoms with Crippen molar-refractivity contribution >= 4 is 40.6 Å². The Morgan fingerprint density at radius 1 is 1.31 bits per heavy atom. The Morgan fingerprint density at radius 3 is 2.90 bits per heavy atom. The Kier molecular flexibility index (Phi) is 5.76. The lowest BCUT2D eigenvalue weighted by molar-refractivity contribution is -0.121. The fourth-order valence-corrected chi connectivity index (χ4v) is 5.74. The Bertz CT molecular complexity index is 1140. The van der Waals surface area contributed by atoms with Gasteiger partial charge in [-0.3, -0.25) is 14.2 Å². The molecule has 0 fully saturated rings. The number of hydrogen-bond donors (Lipinski definition) is 1. The first-order chi connectivity index (χ1) is 13.9. The van der Waals surface area contributed by atoms with Gasteiger partial charge in [-0.05, 0) is 19.9 Å². The summed E-state index contributed by atoms with van der Waals surface area (Å²) in [5, 5.41) is 5.15. The molecular formula is C20H19ClN4O2S2. The smallest absolute Gasteiger partial charge is 0.254 e. The van der Waals surface area contributed by atoms with E-state index in [1.54, 1.807) is 11.5 Å². The van der Waals surface area contributed by atoms with Crippen LogP contribution < -0.4 is 10.9 Å². The minimum Gasteiger partial charge on any atom is -0.351 e. The summed E-state index contributed by atoms with van der Waals surface area (Å²) in [7, 11) is 0. The summed E-state index contributed by atoms with van der Waals surface area (Å²) < 4.78 is 1.63. The summed E-state index contributed by atoms with van der Waals surface area (Å²) in [6.07, 6.45) is 0.250. The highest BCUT2D eigenvalue weighted by Crippen LogP contribution is 2.33. The Morgan fingerprint density at radius 2 is 2.10 bits per heavy atom. The Labute approximate surface area is 181 Å². The number of nitrogens with one attached hydrogen (secondary N) is 1. The molecule has 29 heavy (non-hydrogen) atoms. The molecule has 3 heterocycles. The number of thioether (sulfide) groups is 1. The topological polar surface area (TPSA) is 76.9 Å². The third-order valence-corrected chi connectivity index (χ3v) is 7.30. The van der Waals surface area contributed by atoms with E-state index < -0.39 is 0 Å². The SMILES string of the molecule is Cc1cc(=O)n2c(n1)SCC2CC(=O)NCc1sc(-c2ccccc2Cl)nc1C. The van der Waals surface area contributed by atoms with Crippen LogP contribution in [0, 0.1) is 13.8 Å². The van der Waals surface area contributed by atoms with Crippen LogP contribution in [0.3, 0.4) is 0 Å². The van der Waals surface area contributed by atoms with Gasteiger partial charge in [-0.15, -0.1) is 11.3 Å². The normalized spacial score (nSPS) is 15.3. The monoisotopic (exact) mass is 446 g/mol. The number of amides is 1. The third kappa shape index (κ3) is 4.24. The van der Waals surface area contributed by atoms with Crippen LogP contribution in [0.2, 0.25) is 5.02 Å². The van der Waals surface area contributed by atoms with Gasteiger partial charge in [0.05, 0.1) is 23.3 Å². The van der Waals surface area contributed by atoms with E-state index in [0.717, 1.165) is 21.1 Å². The van der Waals surface area contributed by atoms with Crippen molar-refractivity contribution in [3.05, 3.63) is 62.0 Å². The average Bonchev–Trinajstić information content (AvgIpc) is 3.24. The minimum absolute atomic E-state index is 0.0944. The summed E-state index contributed by atoms with van der Waals surface area (Å²) in [6, 6.07) is 8.93. The van der Waals surface area contributed by atoms with E-state index in [4.69, 9.17) is 11.6 Å². The van der Waals surface area contributed by atoms with Crippen molar-refractivity contribution in [1.82, 2.24) is 19.9 Å². The number of carbonyl (C=O) groups excluding carboxylic acids is 1. The van der Waals surface area contributed by atoms with Crippen LogP contribution in [-0.4, -0.2) is 26.2 Å². The van der Waals surface area contributed by atoms with Crippen molar-refractivity contribution in [2.24, 2.45) is 0 Å². The molecule has 1 unspecified atom stereocenters. The molecular weight excluding hydrogens is 428 g/mol. The molecule has 1 N–H and O–H groups in total. The second-order valence-electron chi connectivity index (χ2n) is 6.84. The second-order valence-corrected chi connectivity index (χ2v) is 9.32. The third-order valence-electron chi connectivity index (χ3n) is 4.68. The van der Waals surface area contributed by atoms with Crippen molar-refractivity contribution < 1.29 is 4.79 Å². The van der Waals surface area contributed by atoms with Crippen LogP contribution >= 0.6 is 34.7 Å². The van der Waals surface area contributed by atoms with E-state index in [1.807, 2.05) is 31.2 Å². The molecule has 0 aliphatic carbocycles. The first kappa shape index (κ1) is 20.1. The number of aromatic nitrogens is 3. The molecule has 3 aromatic rings. The molecule has 0 spiro atoms. The summed E-state index contributed by atoms with van der Waals surface area (Å²) in [4.78, 5) is 34.8. The molecule has 0 radical (unpaired) electrons. The maximum atomic E-state index is 12.5. The van der Waals surface area contributed by atoms with Gasteiger partial charge in [0.2, 0.25) is 5.91 Å². The maximum Gasteiger partial charge on any atom is 0.254 e. The fourth-order valence-electron chi connectivity index (χ4n) is 3.22. The highest BCUT2D eigenvalue weighted by Gasteiger charge is 2.27. The Hall–Kier alpha value is -2.16. The van der Waals surface area contributed by atoms with Crippen LogP contribution in [0.4, 0.5) is 0 Å². The van der Waals surface area contributed by atoms with Crippen molar-refractivity contribution in [1.29, 1.82) is 0 Å². The number of rotatable bonds is 5. The van der Waals surface area contributed by atoms with Gasteiger partial charge in [0.25, 0.3) is 5.56 Å². The predicted octanol–water partition coefficient (Wildman–Crippen LogP) is 3.99. The second kappa shape index (κ2) is 8.30. The van der Waals surface area contributed by atoms with Gasteiger partial charge in [0, 0.05) is 34.4 Å². The molecule has 1 aliphatic heterocycles. The summed E-state index contributed by atoms with van der Waals surface area (Å²) in [5.41, 5.74) is 2.37. The van der Waals surface area contributed by atoms with Crippen LogP contribution in [0.5, 0.6) is 0 Å². The largest absolute Gasteiger partial charge is 0.351 e. The molecule has 0 saturated heterocycles. The maximum absolute atomic E-state index is 12.5. The molecule has 0 saturated carbocycles. The molecule has 1 amide bonds. The molecule has 1 aromatic carbocycles. The van der Waals surface area contributed by atoms with Crippen molar-refractivity contribution in [2.45, 2.75) is 38.0 Å². The molecule has 150 valence electrons. The predicted molar refractivity (Wildman–Crippen MR) is 117 cm³/mol. The number of thiazole rings is 1. The standard InChI is InChI=1S/C20H19ClN4O2S2/c1-11-7-18(27)25-13(10-28-20(25)23-11)8-17(26)22-9-16-12(2)24-19(29-16)14-5-3-4-6-15(14)21/h3-7,13H,8-10H2,1-2H3,(H,22,26). The number of nitrogens with zero attached hydrogens (tertiary/aromatic N) is 3. The number of fused-ring (bicyclic) bond motifs is 1. The number of aryl methyl sites for hydroxylation is 2. The number of carbonyl (C=O) groups is 1. The number of hydrogen-bond acceptors (Lipinski definition) is 6. The lowest BCUT2D eigenvalue weighted by Gasteiger charge is -2.13. The van der Waals surface area contributed by atoms with Gasteiger partial charge in [-0.25, -0.2) is 9.97 Å². The van der Waals surface area contributed by atoms with Crippen LogP contribution in [0.1, 0.15) is 28.7 Å². The van der Waals surface area contributed by atoms with E-state index >= 15 is 0 Å². The highest BCUT2D eigenvalue weighted by atomic mass is 35.5. The molecule has 4 rings (SSSR count). The van der Waals surface area contributed by atoms with Crippen molar-refractivity contribution in [3.8, 4) is 10.6 Å². The number of halogens is 1. The summed E-state index contributed by atoms with van der Waals surface area (Å²) >= 11 is 9.31. The van der Waals surface area contributed by atoms with E-state index in [0.29, 0.717) is 28.2 Å². The van der Waals surface area contributed by atoms with Gasteiger partial charge in [-0.1, -0.05) is 41.6 Å². The van der Waals surface area contributed by atoms with Crippen LogP contribution in [0.15, 0.2) is 40.3 Å². The lowest BCUT2D eigenvalue weighted by Crippen LogP contribution is -2.30. The van der Waals surface area contributed by atoms with Crippen LogP contribution in [0.25, 0.3) is 10.6 Å². The first-order valence-electron chi connectivity index (χ1n) is 9.13. The molecule has 9 heteroatoms. The molecule has 1 aliphatic rings. The van der Waals surface area contributed by atoms with E-state index in [-0.39, 0.29) is 23.9 Å². The lowest BCUT2D eigenvalue weighted by atomic mass is 10.2. The zero-order valence-corrected chi connectivity index (χ0v) is 18.3. The quantitative estimate of drug-likeness (QED) is 0.599. The van der Waals surface area contributed by atoms with E-state index in [2.05, 4.69) is 15.3 Å².